The first kappa shape index (κ1) is 15.9. The van der Waals surface area contributed by atoms with E-state index < -0.39 is 0 Å². The predicted molar refractivity (Wildman–Crippen MR) is 82.8 cm³/mol. The van der Waals surface area contributed by atoms with Crippen molar-refractivity contribution >= 4 is 17.6 Å². The van der Waals surface area contributed by atoms with Crippen LogP contribution in [0.25, 0.3) is 0 Å². The van der Waals surface area contributed by atoms with Crippen molar-refractivity contribution in [1.29, 1.82) is 0 Å². The summed E-state index contributed by atoms with van der Waals surface area (Å²) >= 11 is 1.82. The minimum atomic E-state index is 0.124. The molecule has 2 atom stereocenters. The van der Waals surface area contributed by atoms with E-state index in [2.05, 4.69) is 42.4 Å². The molecule has 0 aliphatic heterocycles. The van der Waals surface area contributed by atoms with Crippen molar-refractivity contribution in [2.75, 3.05) is 19.1 Å². The minimum absolute atomic E-state index is 0.124. The number of hydrogen-bond acceptors (Lipinski definition) is 4. The fourth-order valence-electron chi connectivity index (χ4n) is 2.08. The van der Waals surface area contributed by atoms with Gasteiger partial charge in [0.2, 0.25) is 0 Å². The second-order valence-electron chi connectivity index (χ2n) is 4.69. The van der Waals surface area contributed by atoms with E-state index in [0.717, 1.165) is 5.75 Å². The summed E-state index contributed by atoms with van der Waals surface area (Å²) < 4.78 is 0. The van der Waals surface area contributed by atoms with Crippen LogP contribution in [-0.4, -0.2) is 41.0 Å². The molecular formula is C14H23N3OS. The summed E-state index contributed by atoms with van der Waals surface area (Å²) in [5, 5.41) is 11.9. The van der Waals surface area contributed by atoms with Crippen LogP contribution in [0.1, 0.15) is 24.9 Å². The molecule has 0 aliphatic carbocycles. The van der Waals surface area contributed by atoms with E-state index in [9.17, 15) is 0 Å². The van der Waals surface area contributed by atoms with Gasteiger partial charge in [-0.25, -0.2) is 0 Å². The highest BCUT2D eigenvalue weighted by Gasteiger charge is 2.22. The SMILES string of the molecule is CSCC(C)N(C)C(C/C(N)=N/O)c1ccccc1. The highest BCUT2D eigenvalue weighted by molar-refractivity contribution is 7.98. The van der Waals surface area contributed by atoms with E-state index in [1.165, 1.54) is 5.56 Å². The zero-order valence-electron chi connectivity index (χ0n) is 11.8. The van der Waals surface area contributed by atoms with Crippen molar-refractivity contribution in [3.05, 3.63) is 35.9 Å². The predicted octanol–water partition coefficient (Wildman–Crippen LogP) is 2.55. The van der Waals surface area contributed by atoms with Crippen LogP contribution in [-0.2, 0) is 0 Å². The molecule has 1 rings (SSSR count). The minimum Gasteiger partial charge on any atom is -0.409 e. The highest BCUT2D eigenvalue weighted by Crippen LogP contribution is 2.25. The largest absolute Gasteiger partial charge is 0.409 e. The second-order valence-corrected chi connectivity index (χ2v) is 5.60. The summed E-state index contributed by atoms with van der Waals surface area (Å²) in [4.78, 5) is 2.28. The van der Waals surface area contributed by atoms with Crippen LogP contribution in [0.3, 0.4) is 0 Å². The summed E-state index contributed by atoms with van der Waals surface area (Å²) in [6.07, 6.45) is 2.63. The molecule has 0 aromatic heterocycles. The van der Waals surface area contributed by atoms with Crippen molar-refractivity contribution in [2.45, 2.75) is 25.4 Å². The van der Waals surface area contributed by atoms with Gasteiger partial charge in [-0.3, -0.25) is 4.90 Å². The molecule has 0 amide bonds. The van der Waals surface area contributed by atoms with Crippen LogP contribution < -0.4 is 5.73 Å². The standard InChI is InChI=1S/C14H23N3OS/c1-11(10-19-3)17(2)13(9-14(15)16-18)12-7-5-4-6-8-12/h4-8,11,13,18H,9-10H2,1-3H3,(H2,15,16). The van der Waals surface area contributed by atoms with Crippen LogP contribution in [0, 0.1) is 0 Å². The molecule has 4 nitrogen and oxygen atoms in total. The lowest BCUT2D eigenvalue weighted by molar-refractivity contribution is 0.202. The van der Waals surface area contributed by atoms with Gasteiger partial charge in [0.25, 0.3) is 0 Å². The first-order chi connectivity index (χ1) is 9.10. The number of benzene rings is 1. The van der Waals surface area contributed by atoms with Crippen LogP contribution in [0.2, 0.25) is 0 Å². The number of rotatable bonds is 7. The van der Waals surface area contributed by atoms with Crippen LogP contribution in [0.15, 0.2) is 35.5 Å². The average molecular weight is 281 g/mol. The Morgan fingerprint density at radius 1 is 1.42 bits per heavy atom. The number of hydrogen-bond donors (Lipinski definition) is 2. The topological polar surface area (TPSA) is 61.8 Å². The van der Waals surface area contributed by atoms with Gasteiger partial charge in [-0.05, 0) is 25.8 Å². The first-order valence-corrected chi connectivity index (χ1v) is 7.71. The molecule has 0 radical (unpaired) electrons. The third kappa shape index (κ3) is 4.76. The molecule has 0 aliphatic rings. The van der Waals surface area contributed by atoms with E-state index in [0.29, 0.717) is 12.5 Å². The fourth-order valence-corrected chi connectivity index (χ4v) is 2.79. The van der Waals surface area contributed by atoms with Gasteiger partial charge in [0.05, 0.1) is 0 Å². The van der Waals surface area contributed by atoms with Crippen molar-refractivity contribution in [3.63, 3.8) is 0 Å². The quantitative estimate of drug-likeness (QED) is 0.349. The van der Waals surface area contributed by atoms with Crippen molar-refractivity contribution in [3.8, 4) is 0 Å². The zero-order valence-corrected chi connectivity index (χ0v) is 12.6. The maximum atomic E-state index is 8.79. The van der Waals surface area contributed by atoms with Crippen LogP contribution in [0.4, 0.5) is 0 Å². The van der Waals surface area contributed by atoms with Crippen molar-refractivity contribution in [2.24, 2.45) is 10.9 Å². The molecule has 19 heavy (non-hydrogen) atoms. The maximum absolute atomic E-state index is 8.79. The Bertz CT molecular complexity index is 397. The van der Waals surface area contributed by atoms with E-state index in [1.54, 1.807) is 0 Å². The van der Waals surface area contributed by atoms with Crippen molar-refractivity contribution in [1.82, 2.24) is 4.90 Å². The smallest absolute Gasteiger partial charge is 0.141 e. The molecule has 0 saturated heterocycles. The van der Waals surface area contributed by atoms with Crippen LogP contribution in [0.5, 0.6) is 0 Å². The van der Waals surface area contributed by atoms with E-state index >= 15 is 0 Å². The van der Waals surface area contributed by atoms with Gasteiger partial charge in [0, 0.05) is 24.3 Å². The molecular weight excluding hydrogens is 258 g/mol. The van der Waals surface area contributed by atoms with Gasteiger partial charge in [-0.15, -0.1) is 0 Å². The Balaban J connectivity index is 2.92. The molecule has 1 aromatic carbocycles. The molecule has 0 fully saturated rings. The third-order valence-corrected chi connectivity index (χ3v) is 4.13. The lowest BCUT2D eigenvalue weighted by Gasteiger charge is -2.33. The summed E-state index contributed by atoms with van der Waals surface area (Å²) in [5.41, 5.74) is 6.88. The molecule has 0 bridgehead atoms. The first-order valence-electron chi connectivity index (χ1n) is 6.32. The molecule has 2 unspecified atom stereocenters. The van der Waals surface area contributed by atoms with Gasteiger partial charge in [-0.2, -0.15) is 11.8 Å². The molecule has 1 aromatic rings. The number of thioether (sulfide) groups is 1. The fraction of sp³-hybridized carbons (Fsp3) is 0.500. The Morgan fingerprint density at radius 3 is 2.58 bits per heavy atom. The van der Waals surface area contributed by atoms with Gasteiger partial charge < -0.3 is 10.9 Å². The van der Waals surface area contributed by atoms with Gasteiger partial charge in [0.1, 0.15) is 5.84 Å². The summed E-state index contributed by atoms with van der Waals surface area (Å²) in [5.74, 6) is 1.31. The van der Waals surface area contributed by atoms with E-state index in [-0.39, 0.29) is 11.9 Å². The van der Waals surface area contributed by atoms with E-state index in [1.807, 2.05) is 30.0 Å². The van der Waals surface area contributed by atoms with Crippen LogP contribution >= 0.6 is 11.8 Å². The van der Waals surface area contributed by atoms with E-state index in [4.69, 9.17) is 10.9 Å². The molecule has 3 N–H and O–H groups in total. The number of oxime groups is 1. The number of nitrogens with zero attached hydrogens (tertiary/aromatic N) is 2. The number of amidine groups is 1. The van der Waals surface area contributed by atoms with Gasteiger partial charge >= 0.3 is 0 Å². The molecule has 0 saturated carbocycles. The summed E-state index contributed by atoms with van der Waals surface area (Å²) in [6.45, 7) is 2.19. The Labute approximate surface area is 119 Å². The summed E-state index contributed by atoms with van der Waals surface area (Å²) in [7, 11) is 2.09. The molecule has 0 heterocycles. The Kier molecular flexibility index (Phi) is 6.73. The monoisotopic (exact) mass is 281 g/mol. The average Bonchev–Trinajstić information content (AvgIpc) is 2.44. The second kappa shape index (κ2) is 8.07. The maximum Gasteiger partial charge on any atom is 0.141 e. The highest BCUT2D eigenvalue weighted by atomic mass is 32.2. The molecule has 106 valence electrons. The number of nitrogens with two attached hydrogens (primary N) is 1. The lowest BCUT2D eigenvalue weighted by atomic mass is 10.0. The molecule has 5 heteroatoms. The van der Waals surface area contributed by atoms with Gasteiger partial charge in [0.15, 0.2) is 0 Å². The molecule has 0 spiro atoms. The third-order valence-electron chi connectivity index (χ3n) is 3.31. The normalized spacial score (nSPS) is 15.5. The van der Waals surface area contributed by atoms with Gasteiger partial charge in [-0.1, -0.05) is 35.5 Å². The Hall–Kier alpha value is -1.20. The zero-order chi connectivity index (χ0) is 14.3. The lowest BCUT2D eigenvalue weighted by Crippen LogP contribution is -2.36. The Morgan fingerprint density at radius 2 is 2.05 bits per heavy atom. The van der Waals surface area contributed by atoms with Crippen molar-refractivity contribution < 1.29 is 5.21 Å². The summed E-state index contributed by atoms with van der Waals surface area (Å²) in [6, 6.07) is 10.7.